The molecular weight excluding hydrogens is 318 g/mol. The van der Waals surface area contributed by atoms with Gasteiger partial charge in [-0.05, 0) is 31.9 Å². The Morgan fingerprint density at radius 2 is 1.77 bits per heavy atom. The van der Waals surface area contributed by atoms with Crippen LogP contribution in [0.15, 0.2) is 24.3 Å². The summed E-state index contributed by atoms with van der Waals surface area (Å²) in [4.78, 5) is 0.992. The van der Waals surface area contributed by atoms with Gasteiger partial charge in [-0.3, -0.25) is 4.31 Å². The van der Waals surface area contributed by atoms with Crippen LogP contribution in [0.2, 0.25) is 0 Å². The van der Waals surface area contributed by atoms with Gasteiger partial charge in [0.25, 0.3) is 10.0 Å². The first-order valence-electron chi connectivity index (χ1n) is 6.85. The fourth-order valence-electron chi connectivity index (χ4n) is 2.69. The first-order valence-corrected chi connectivity index (χ1v) is 9.11. The highest BCUT2D eigenvalue weighted by atomic mass is 32.2. The van der Waals surface area contributed by atoms with E-state index in [1.54, 1.807) is 12.1 Å². The summed E-state index contributed by atoms with van der Waals surface area (Å²) in [6.45, 7) is 5.67. The van der Waals surface area contributed by atoms with Gasteiger partial charge in [0, 0.05) is 17.5 Å². The van der Waals surface area contributed by atoms with Gasteiger partial charge in [0.15, 0.2) is 0 Å². The zero-order valence-corrected chi connectivity index (χ0v) is 14.5. The molecule has 2 heterocycles. The monoisotopic (exact) mass is 335 g/mol. The molecule has 0 unspecified atom stereocenters. The lowest BCUT2D eigenvalue weighted by Crippen LogP contribution is -2.31. The maximum atomic E-state index is 12.9. The molecular formula is C16H17NO3S2. The normalized spacial score (nSPS) is 16.8. The van der Waals surface area contributed by atoms with E-state index in [1.807, 2.05) is 32.9 Å². The predicted octanol–water partition coefficient (Wildman–Crippen LogP) is 3.84. The standard InChI is InChI=1S/C16H17NO3S2/c1-9-7-5-6-8-12(9)15-14(18)13-10(2)11(3)21-16(13)17(4)22(15,19)20/h5-8,18H,1-4H3. The van der Waals surface area contributed by atoms with E-state index in [4.69, 9.17) is 0 Å². The molecule has 1 aromatic carbocycles. The Kier molecular flexibility index (Phi) is 3.34. The van der Waals surface area contributed by atoms with E-state index in [0.29, 0.717) is 16.1 Å². The van der Waals surface area contributed by atoms with Crippen molar-refractivity contribution in [3.8, 4) is 0 Å². The van der Waals surface area contributed by atoms with Crippen molar-refractivity contribution < 1.29 is 13.5 Å². The van der Waals surface area contributed by atoms with Crippen molar-refractivity contribution in [2.24, 2.45) is 0 Å². The van der Waals surface area contributed by atoms with Gasteiger partial charge in [-0.1, -0.05) is 24.3 Å². The lowest BCUT2D eigenvalue weighted by atomic mass is 10.0. The second kappa shape index (κ2) is 4.86. The van der Waals surface area contributed by atoms with Crippen LogP contribution in [0.25, 0.3) is 10.7 Å². The van der Waals surface area contributed by atoms with E-state index in [2.05, 4.69) is 0 Å². The van der Waals surface area contributed by atoms with Gasteiger partial charge in [0.2, 0.25) is 0 Å². The fraction of sp³-hybridized carbons (Fsp3) is 0.250. The van der Waals surface area contributed by atoms with Gasteiger partial charge in [-0.2, -0.15) is 0 Å². The smallest absolute Gasteiger partial charge is 0.269 e. The van der Waals surface area contributed by atoms with Crippen molar-refractivity contribution in [2.45, 2.75) is 20.8 Å². The Morgan fingerprint density at radius 1 is 1.14 bits per heavy atom. The summed E-state index contributed by atoms with van der Waals surface area (Å²) in [6, 6.07) is 7.19. The van der Waals surface area contributed by atoms with Gasteiger partial charge in [0.05, 0.1) is 5.56 Å². The summed E-state index contributed by atoms with van der Waals surface area (Å²) in [5, 5.41) is 11.3. The molecule has 1 aliphatic rings. The Bertz CT molecular complexity index is 907. The molecule has 0 amide bonds. The molecule has 3 rings (SSSR count). The van der Waals surface area contributed by atoms with Crippen molar-refractivity contribution in [3.05, 3.63) is 51.4 Å². The third-order valence-corrected chi connectivity index (χ3v) is 7.34. The number of aliphatic hydroxyl groups excluding tert-OH is 1. The van der Waals surface area contributed by atoms with E-state index in [1.165, 1.54) is 22.7 Å². The largest absolute Gasteiger partial charge is 0.506 e. The summed E-state index contributed by atoms with van der Waals surface area (Å²) in [6.07, 6.45) is 0. The van der Waals surface area contributed by atoms with Crippen LogP contribution in [0, 0.1) is 20.8 Å². The zero-order chi connectivity index (χ0) is 16.2. The molecule has 1 N–H and O–H groups in total. The van der Waals surface area contributed by atoms with E-state index in [-0.39, 0.29) is 10.7 Å². The number of thiophene rings is 1. The Balaban J connectivity index is 2.44. The summed E-state index contributed by atoms with van der Waals surface area (Å²) in [5.41, 5.74) is 2.90. The van der Waals surface area contributed by atoms with Gasteiger partial charge < -0.3 is 5.11 Å². The summed E-state index contributed by atoms with van der Waals surface area (Å²) in [7, 11) is -2.23. The van der Waals surface area contributed by atoms with Crippen molar-refractivity contribution in [3.63, 3.8) is 0 Å². The van der Waals surface area contributed by atoms with Crippen LogP contribution in [-0.2, 0) is 10.0 Å². The number of benzene rings is 1. The molecule has 0 atom stereocenters. The third kappa shape index (κ3) is 1.90. The number of nitrogens with zero attached hydrogens (tertiary/aromatic N) is 1. The highest BCUT2D eigenvalue weighted by molar-refractivity contribution is 8.02. The van der Waals surface area contributed by atoms with E-state index in [0.717, 1.165) is 16.0 Å². The van der Waals surface area contributed by atoms with Crippen LogP contribution < -0.4 is 4.31 Å². The van der Waals surface area contributed by atoms with Gasteiger partial charge in [-0.15, -0.1) is 11.3 Å². The number of hydrogen-bond acceptors (Lipinski definition) is 4. The maximum absolute atomic E-state index is 12.9. The highest BCUT2D eigenvalue weighted by Crippen LogP contribution is 2.48. The quantitative estimate of drug-likeness (QED) is 0.861. The fourth-order valence-corrected chi connectivity index (χ4v) is 5.55. The lowest BCUT2D eigenvalue weighted by Gasteiger charge is -2.27. The molecule has 0 radical (unpaired) electrons. The average Bonchev–Trinajstić information content (AvgIpc) is 2.75. The SMILES string of the molecule is Cc1ccccc1C1=C(O)c2c(sc(C)c2C)N(C)S1(=O)=O. The van der Waals surface area contributed by atoms with Crippen LogP contribution in [0.5, 0.6) is 0 Å². The van der Waals surface area contributed by atoms with Crippen LogP contribution in [0.4, 0.5) is 5.00 Å². The number of sulfonamides is 1. The van der Waals surface area contributed by atoms with Crippen LogP contribution >= 0.6 is 11.3 Å². The molecule has 1 aromatic heterocycles. The topological polar surface area (TPSA) is 57.6 Å². The second-order valence-corrected chi connectivity index (χ2v) is 8.54. The molecule has 0 saturated carbocycles. The number of anilines is 1. The second-order valence-electron chi connectivity index (χ2n) is 5.43. The molecule has 0 aliphatic carbocycles. The molecule has 22 heavy (non-hydrogen) atoms. The summed E-state index contributed by atoms with van der Waals surface area (Å²) >= 11 is 1.38. The van der Waals surface area contributed by atoms with Crippen LogP contribution in [0.1, 0.15) is 27.1 Å². The van der Waals surface area contributed by atoms with Gasteiger partial charge in [-0.25, -0.2) is 8.42 Å². The zero-order valence-electron chi connectivity index (χ0n) is 12.8. The number of fused-ring (bicyclic) bond motifs is 1. The van der Waals surface area contributed by atoms with Crippen LogP contribution in [0.3, 0.4) is 0 Å². The van der Waals surface area contributed by atoms with E-state index >= 15 is 0 Å². The Morgan fingerprint density at radius 3 is 2.41 bits per heavy atom. The van der Waals surface area contributed by atoms with Gasteiger partial charge >= 0.3 is 0 Å². The molecule has 4 nitrogen and oxygen atoms in total. The number of aliphatic hydroxyl groups is 1. The van der Waals surface area contributed by atoms with E-state index < -0.39 is 10.0 Å². The molecule has 116 valence electrons. The predicted molar refractivity (Wildman–Crippen MR) is 91.7 cm³/mol. The number of rotatable bonds is 1. The molecule has 0 fully saturated rings. The van der Waals surface area contributed by atoms with Crippen molar-refractivity contribution in [1.29, 1.82) is 0 Å². The minimum atomic E-state index is -3.77. The third-order valence-electron chi connectivity index (χ3n) is 4.11. The molecule has 0 saturated heterocycles. The molecule has 0 bridgehead atoms. The summed E-state index contributed by atoms with van der Waals surface area (Å²) < 4.78 is 27.0. The molecule has 1 aliphatic heterocycles. The summed E-state index contributed by atoms with van der Waals surface area (Å²) in [5.74, 6) is -0.149. The average molecular weight is 335 g/mol. The molecule has 2 aromatic rings. The first kappa shape index (κ1) is 15.1. The Labute approximate surface area is 134 Å². The first-order chi connectivity index (χ1) is 10.3. The van der Waals surface area contributed by atoms with E-state index in [9.17, 15) is 13.5 Å². The number of hydrogen-bond donors (Lipinski definition) is 1. The van der Waals surface area contributed by atoms with Gasteiger partial charge in [0.1, 0.15) is 15.7 Å². The van der Waals surface area contributed by atoms with Crippen LogP contribution in [-0.4, -0.2) is 20.6 Å². The van der Waals surface area contributed by atoms with Crippen molar-refractivity contribution in [1.82, 2.24) is 0 Å². The Hall–Kier alpha value is -1.79. The molecule has 6 heteroatoms. The van der Waals surface area contributed by atoms with Crippen molar-refractivity contribution >= 4 is 37.0 Å². The molecule has 0 spiro atoms. The van der Waals surface area contributed by atoms with Crippen molar-refractivity contribution in [2.75, 3.05) is 11.4 Å². The maximum Gasteiger partial charge on any atom is 0.269 e. The minimum absolute atomic E-state index is 0.0125. The highest BCUT2D eigenvalue weighted by Gasteiger charge is 2.39. The lowest BCUT2D eigenvalue weighted by molar-refractivity contribution is 0.513. The minimum Gasteiger partial charge on any atom is -0.506 e. The number of aryl methyl sites for hydroxylation is 2.